The Morgan fingerprint density at radius 3 is 1.53 bits per heavy atom. The van der Waals surface area contributed by atoms with Crippen LogP contribution in [0.5, 0.6) is 5.88 Å². The van der Waals surface area contributed by atoms with E-state index in [0.717, 1.165) is 131 Å². The fraction of sp³-hybridized carbons (Fsp3) is 0.542. The van der Waals surface area contributed by atoms with Gasteiger partial charge in [-0.15, -0.1) is 0 Å². The Bertz CT molecular complexity index is 3700. The summed E-state index contributed by atoms with van der Waals surface area (Å²) >= 11 is 0. The molecule has 105 heavy (non-hydrogen) atoms. The second-order valence-electron chi connectivity index (χ2n) is 31.3. The summed E-state index contributed by atoms with van der Waals surface area (Å²) in [5.74, 6) is 4.26. The molecule has 10 heterocycles. The number of nitrogens with one attached hydrogen (secondary N) is 3. The van der Waals surface area contributed by atoms with E-state index in [1.54, 1.807) is 73.6 Å². The Labute approximate surface area is 624 Å². The summed E-state index contributed by atoms with van der Waals surface area (Å²) in [6.45, 7) is 18.9. The van der Waals surface area contributed by atoms with Gasteiger partial charge in [0.15, 0.2) is 11.6 Å². The minimum Gasteiger partial charge on any atom is -0.475 e. The predicted octanol–water partition coefficient (Wildman–Crippen LogP) is 2.42. The first-order valence-corrected chi connectivity index (χ1v) is 36.1. The van der Waals surface area contributed by atoms with E-state index in [9.17, 15) is 0 Å². The van der Waals surface area contributed by atoms with E-state index >= 15 is 0 Å². The Hall–Kier alpha value is -9.77. The fourth-order valence-electron chi connectivity index (χ4n) is 11.5. The Balaban J connectivity index is 0.000000227. The molecule has 1 unspecified atom stereocenters. The fourth-order valence-corrected chi connectivity index (χ4v) is 11.5. The van der Waals surface area contributed by atoms with Crippen LogP contribution in [0.4, 0.5) is 97.3 Å². The number of anilines is 17. The lowest BCUT2D eigenvalue weighted by molar-refractivity contribution is -0.912. The number of piperidine rings is 1. The molecular weight excluding hydrogens is 1330 g/mol. The molecule has 3 saturated heterocycles. The van der Waals surface area contributed by atoms with Gasteiger partial charge < -0.3 is 127 Å². The van der Waals surface area contributed by atoms with Gasteiger partial charge in [0.2, 0.25) is 12.2 Å². The molecule has 0 spiro atoms. The summed E-state index contributed by atoms with van der Waals surface area (Å²) < 4.78 is 14.7. The molecule has 0 amide bonds. The minimum absolute atomic E-state index is 0.151. The summed E-state index contributed by atoms with van der Waals surface area (Å²) in [6, 6.07) is 11.0. The van der Waals surface area contributed by atoms with Crippen LogP contribution in [0.3, 0.4) is 0 Å². The van der Waals surface area contributed by atoms with Crippen molar-refractivity contribution in [2.75, 3.05) is 304 Å². The molecule has 0 radical (unpaired) electrons. The smallest absolute Gasteiger partial charge is 0.243 e. The summed E-state index contributed by atoms with van der Waals surface area (Å²) in [4.78, 5) is 31.9. The highest BCUT2D eigenvalue weighted by Gasteiger charge is 2.34. The number of piperazine rings is 1. The first kappa shape index (κ1) is 85.9. The second-order valence-corrected chi connectivity index (χ2v) is 31.3. The topological polar surface area (TPSA) is 474 Å². The molecule has 7 aromatic heterocycles. The van der Waals surface area contributed by atoms with E-state index in [4.69, 9.17) is 78.6 Å². The van der Waals surface area contributed by atoms with Crippen molar-refractivity contribution >= 4 is 97.3 Å². The Kier molecular flexibility index (Phi) is 33.1. The normalized spacial score (nSPS) is 15.4. The minimum atomic E-state index is 0.151. The molecule has 0 aliphatic carbocycles. The number of nitrogens with zero attached hydrogens (tertiary/aromatic N) is 16. The number of quaternary nitrogens is 5. The maximum atomic E-state index is 8.85. The number of aliphatic hydroxyl groups is 1. The van der Waals surface area contributed by atoms with Crippen molar-refractivity contribution in [3.05, 3.63) is 92.3 Å². The first-order chi connectivity index (χ1) is 49.3. The van der Waals surface area contributed by atoms with Gasteiger partial charge in [0.1, 0.15) is 49.0 Å². The van der Waals surface area contributed by atoms with E-state index < -0.39 is 0 Å². The summed E-state index contributed by atoms with van der Waals surface area (Å²) in [5.41, 5.74) is 75.8. The maximum absolute atomic E-state index is 8.85. The number of likely N-dealkylation sites (tertiary alicyclic amines) is 1. The van der Waals surface area contributed by atoms with Crippen molar-refractivity contribution in [3.63, 3.8) is 0 Å². The van der Waals surface area contributed by atoms with Crippen molar-refractivity contribution in [1.29, 1.82) is 0 Å². The first-order valence-electron chi connectivity index (χ1n) is 36.1. The van der Waals surface area contributed by atoms with Crippen molar-refractivity contribution in [3.8, 4) is 5.88 Å². The quantitative estimate of drug-likeness (QED) is 0.0222. The van der Waals surface area contributed by atoms with Crippen molar-refractivity contribution in [2.24, 2.45) is 0 Å². The molecule has 1 atom stereocenters. The molecule has 3 fully saturated rings. The molecule has 7 aromatic rings. The van der Waals surface area contributed by atoms with Crippen LogP contribution in [0.25, 0.3) is 0 Å². The maximum Gasteiger partial charge on any atom is 0.243 e. The number of hydrogen-bond donors (Lipinski definition) is 16. The summed E-state index contributed by atoms with van der Waals surface area (Å²) in [6.07, 6.45) is 21.8. The molecule has 3 aliphatic rings. The molecule has 582 valence electrons. The number of nitrogens with two attached hydrogens (primary N) is 12. The highest BCUT2D eigenvalue weighted by Crippen LogP contribution is 2.29. The highest BCUT2D eigenvalue weighted by atomic mass is 16.5. The third-order valence-corrected chi connectivity index (χ3v) is 18.2. The summed E-state index contributed by atoms with van der Waals surface area (Å²) in [5, 5.41) is 18.5. The van der Waals surface area contributed by atoms with Gasteiger partial charge in [-0.1, -0.05) is 0 Å². The van der Waals surface area contributed by atoms with Gasteiger partial charge in [-0.05, 0) is 55.7 Å². The van der Waals surface area contributed by atoms with Gasteiger partial charge >= 0.3 is 0 Å². The van der Waals surface area contributed by atoms with Crippen LogP contribution in [-0.4, -0.2) is 282 Å². The zero-order valence-corrected chi connectivity index (χ0v) is 65.4. The van der Waals surface area contributed by atoms with Crippen LogP contribution in [0.15, 0.2) is 92.3 Å². The van der Waals surface area contributed by atoms with Gasteiger partial charge in [0, 0.05) is 52.6 Å². The van der Waals surface area contributed by atoms with Crippen LogP contribution in [0.1, 0.15) is 32.1 Å². The van der Waals surface area contributed by atoms with Crippen LogP contribution in [-0.2, 0) is 13.1 Å². The number of aromatic nitrogens is 8. The third-order valence-electron chi connectivity index (χ3n) is 18.2. The molecule has 0 saturated carbocycles. The lowest BCUT2D eigenvalue weighted by Gasteiger charge is -2.38. The molecule has 28 N–H and O–H groups in total. The van der Waals surface area contributed by atoms with E-state index in [0.29, 0.717) is 105 Å². The van der Waals surface area contributed by atoms with Gasteiger partial charge in [0.25, 0.3) is 0 Å². The lowest BCUT2D eigenvalue weighted by Crippen LogP contribution is -2.55. The van der Waals surface area contributed by atoms with Crippen molar-refractivity contribution in [2.45, 2.75) is 51.2 Å². The van der Waals surface area contributed by atoms with E-state index in [1.807, 2.05) is 30.3 Å². The van der Waals surface area contributed by atoms with Gasteiger partial charge in [-0.25, -0.2) is 39.0 Å². The third kappa shape index (κ3) is 32.0. The second kappa shape index (κ2) is 40.5. The number of rotatable bonds is 25. The van der Waals surface area contributed by atoms with Gasteiger partial charge in [0.05, 0.1) is 275 Å². The molecule has 33 nitrogen and oxygen atoms in total. The number of hydrogen-bond acceptors (Lipinski definition) is 26. The predicted molar refractivity (Wildman–Crippen MR) is 436 cm³/mol. The molecule has 0 aromatic carbocycles. The largest absolute Gasteiger partial charge is 0.475 e. The molecular formula is C72H133N31O2+6. The van der Waals surface area contributed by atoms with Gasteiger partial charge in [-0.3, -0.25) is 4.90 Å². The number of ether oxygens (including phenoxy) is 1. The van der Waals surface area contributed by atoms with Crippen LogP contribution >= 0.6 is 0 Å². The van der Waals surface area contributed by atoms with Gasteiger partial charge in [-0.2, -0.15) is 0 Å². The summed E-state index contributed by atoms with van der Waals surface area (Å²) in [7, 11) is 28.5. The molecule has 10 rings (SSSR count). The molecule has 3 aliphatic heterocycles. The average molecular weight is 1470 g/mol. The average Bonchev–Trinajstić information content (AvgIpc) is 1.70. The van der Waals surface area contributed by atoms with Crippen molar-refractivity contribution in [1.82, 2.24) is 39.4 Å². The number of aliphatic hydroxyl groups excluding tert-OH is 1. The van der Waals surface area contributed by atoms with Crippen LogP contribution in [0, 0.1) is 0 Å². The van der Waals surface area contributed by atoms with E-state index in [2.05, 4.69) is 150 Å². The number of pyridine rings is 6. The lowest BCUT2D eigenvalue weighted by atomic mass is 10.1. The number of aryl methyl sites for hydroxylation is 1. The van der Waals surface area contributed by atoms with Crippen LogP contribution < -0.4 is 104 Å². The van der Waals surface area contributed by atoms with Crippen molar-refractivity contribution < 1.29 is 36.8 Å². The molecule has 33 heteroatoms. The van der Waals surface area contributed by atoms with Crippen LogP contribution in [0.2, 0.25) is 0 Å². The Morgan fingerprint density at radius 1 is 0.562 bits per heavy atom. The van der Waals surface area contributed by atoms with E-state index in [-0.39, 0.29) is 6.61 Å². The number of nitrogen functional groups attached to an aromatic ring is 12. The zero-order chi connectivity index (χ0) is 77.7. The Morgan fingerprint density at radius 2 is 1.05 bits per heavy atom. The molecule has 0 bridgehead atoms. The number of likely N-dealkylation sites (N-methyl/N-ethyl adjacent to an activating group) is 6. The zero-order valence-electron chi connectivity index (χ0n) is 65.4. The van der Waals surface area contributed by atoms with E-state index in [1.165, 1.54) is 51.9 Å². The SMILES string of the molecule is CN(CC[N+](C)(C)C)c1ncc(N)cc1N.C[N+](C)(C)C1CCN(c2ncc(N)cc2N)C1.C[N+](C)(C)CCNc1ncc(N)cc1N.C[N+]1(C)CCN(CCOc2ncc(N)cc2N)CC1.C[N+]1(CCNc2ncc(N)cc2N)CCCCC1.Nc1cnc(NCCC[n+]2ccn(CCO)c2)c(N)c1. The highest BCUT2D eigenvalue weighted by molar-refractivity contribution is 5.69. The standard InChI is InChI=1S/C13H21N6O.C13H24N5O.C13H24N5.C12H22N5.C11H22N5.C10H20N5/c14-11-8-12(15)13(17-9-11)16-2-1-3-18-4-5-19(10-18)6-7-20;1-18(2)6-3-17(4-7-18)5-8-19-13-12(15)9-11(14)10-16-13;1-18(6-3-2-4-7-18)8-5-16-13-12(15)9-11(14)10-17-13;1-17(2,3)10-4-5-16(8-10)12-11(14)6-9(13)7-15-12;1-15(5-6-16(2,3)4)11-10(13)7-9(12)8-14-11;1-15(2,3)5-4-13-10-9(12)6-8(11)7-14-10/h4-5,8-10,20H,1-3,6-7,14-15H2,(H,16,17);9-10H,3-8,14-15H2,1-2H3;9-10H,2-8,14-15H2,1H3,(H,16,17);6-7,10H,4-5,8,13-14H2,1-3H3;7-8H,5-6,12-13H2,1-4H3;6-7H,4-5,11-12H2,1-3H3,(H,13,14)/q6*+1. The number of imidazole rings is 1. The monoisotopic (exact) mass is 1460 g/mol.